The average Bonchev–Trinajstić information content (AvgIpc) is 2.47. The molecule has 2 nitrogen and oxygen atoms in total. The van der Waals surface area contributed by atoms with Gasteiger partial charge in [-0.1, -0.05) is 28.1 Å². The Labute approximate surface area is 98.1 Å². The normalized spacial score (nSPS) is 10.7. The van der Waals surface area contributed by atoms with E-state index >= 15 is 0 Å². The standard InChI is InChI=1S/C12H13BrN2/c1-8-9(2)15(3)14-12(8)10-4-6-11(13)7-5-10/h4-7H,1-3H3. The minimum absolute atomic E-state index is 1.07. The highest BCUT2D eigenvalue weighted by Gasteiger charge is 2.09. The molecule has 0 aliphatic rings. The van der Waals surface area contributed by atoms with Gasteiger partial charge in [0.15, 0.2) is 0 Å². The monoisotopic (exact) mass is 264 g/mol. The summed E-state index contributed by atoms with van der Waals surface area (Å²) < 4.78 is 3.02. The number of hydrogen-bond donors (Lipinski definition) is 0. The lowest BCUT2D eigenvalue weighted by Crippen LogP contribution is -1.92. The van der Waals surface area contributed by atoms with E-state index in [0.717, 1.165) is 10.2 Å². The van der Waals surface area contributed by atoms with Gasteiger partial charge < -0.3 is 0 Å². The number of rotatable bonds is 1. The second kappa shape index (κ2) is 3.81. The largest absolute Gasteiger partial charge is 0.272 e. The molecular weight excluding hydrogens is 252 g/mol. The zero-order chi connectivity index (χ0) is 11.0. The van der Waals surface area contributed by atoms with Crippen molar-refractivity contribution in [2.75, 3.05) is 0 Å². The average molecular weight is 265 g/mol. The van der Waals surface area contributed by atoms with E-state index in [1.54, 1.807) is 0 Å². The molecule has 0 bridgehead atoms. The van der Waals surface area contributed by atoms with Crippen LogP contribution in [0.4, 0.5) is 0 Å². The molecule has 0 saturated carbocycles. The van der Waals surface area contributed by atoms with Crippen LogP contribution in [0.15, 0.2) is 28.7 Å². The Morgan fingerprint density at radius 2 is 1.73 bits per heavy atom. The first-order valence-corrected chi connectivity index (χ1v) is 5.65. The van der Waals surface area contributed by atoms with Gasteiger partial charge in [-0.3, -0.25) is 4.68 Å². The molecule has 1 aromatic carbocycles. The molecular formula is C12H13BrN2. The quantitative estimate of drug-likeness (QED) is 0.772. The minimum atomic E-state index is 1.07. The van der Waals surface area contributed by atoms with E-state index in [1.165, 1.54) is 16.8 Å². The second-order valence-corrected chi connectivity index (χ2v) is 4.61. The lowest BCUT2D eigenvalue weighted by atomic mass is 10.1. The van der Waals surface area contributed by atoms with Crippen LogP contribution >= 0.6 is 15.9 Å². The first kappa shape index (κ1) is 10.4. The molecule has 2 rings (SSSR count). The van der Waals surface area contributed by atoms with Gasteiger partial charge in [0.1, 0.15) is 0 Å². The number of aromatic nitrogens is 2. The van der Waals surface area contributed by atoms with Crippen molar-refractivity contribution in [1.82, 2.24) is 9.78 Å². The molecule has 0 spiro atoms. The summed E-state index contributed by atoms with van der Waals surface area (Å²) in [5, 5.41) is 4.51. The van der Waals surface area contributed by atoms with Crippen molar-refractivity contribution >= 4 is 15.9 Å². The molecule has 78 valence electrons. The summed E-state index contributed by atoms with van der Waals surface area (Å²) in [7, 11) is 1.98. The Balaban J connectivity index is 2.54. The summed E-state index contributed by atoms with van der Waals surface area (Å²) in [6, 6.07) is 8.25. The van der Waals surface area contributed by atoms with Crippen molar-refractivity contribution < 1.29 is 0 Å². The van der Waals surface area contributed by atoms with Crippen LogP contribution in [0.1, 0.15) is 11.3 Å². The summed E-state index contributed by atoms with van der Waals surface area (Å²) >= 11 is 3.43. The maximum Gasteiger partial charge on any atom is 0.0954 e. The van der Waals surface area contributed by atoms with Gasteiger partial charge in [0, 0.05) is 22.8 Å². The Morgan fingerprint density at radius 3 is 2.20 bits per heavy atom. The molecule has 0 aliphatic heterocycles. The predicted octanol–water partition coefficient (Wildman–Crippen LogP) is 3.47. The van der Waals surface area contributed by atoms with E-state index in [9.17, 15) is 0 Å². The van der Waals surface area contributed by atoms with E-state index < -0.39 is 0 Å². The van der Waals surface area contributed by atoms with Crippen LogP contribution in [-0.2, 0) is 7.05 Å². The SMILES string of the molecule is Cc1c(-c2ccc(Br)cc2)nn(C)c1C. The molecule has 2 aromatic rings. The van der Waals surface area contributed by atoms with E-state index in [-0.39, 0.29) is 0 Å². The molecule has 0 N–H and O–H groups in total. The molecule has 0 unspecified atom stereocenters. The first-order chi connectivity index (χ1) is 7.09. The predicted molar refractivity (Wildman–Crippen MR) is 65.8 cm³/mol. The molecule has 0 atom stereocenters. The Hall–Kier alpha value is -1.09. The van der Waals surface area contributed by atoms with Crippen molar-refractivity contribution in [1.29, 1.82) is 0 Å². The highest BCUT2D eigenvalue weighted by Crippen LogP contribution is 2.25. The van der Waals surface area contributed by atoms with Crippen molar-refractivity contribution in [2.45, 2.75) is 13.8 Å². The maximum absolute atomic E-state index is 4.51. The number of nitrogens with zero attached hydrogens (tertiary/aromatic N) is 2. The molecule has 0 amide bonds. The van der Waals surface area contributed by atoms with Crippen molar-refractivity contribution in [3.63, 3.8) is 0 Å². The summed E-state index contributed by atoms with van der Waals surface area (Å²) in [6.45, 7) is 4.20. The van der Waals surface area contributed by atoms with Crippen LogP contribution in [0.3, 0.4) is 0 Å². The minimum Gasteiger partial charge on any atom is -0.272 e. The first-order valence-electron chi connectivity index (χ1n) is 4.85. The van der Waals surface area contributed by atoms with Gasteiger partial charge in [-0.25, -0.2) is 0 Å². The lowest BCUT2D eigenvalue weighted by Gasteiger charge is -1.98. The molecule has 1 aromatic heterocycles. The summed E-state index contributed by atoms with van der Waals surface area (Å²) in [4.78, 5) is 0. The summed E-state index contributed by atoms with van der Waals surface area (Å²) in [5.74, 6) is 0. The number of aryl methyl sites for hydroxylation is 1. The van der Waals surface area contributed by atoms with Gasteiger partial charge >= 0.3 is 0 Å². The molecule has 15 heavy (non-hydrogen) atoms. The fourth-order valence-corrected chi connectivity index (χ4v) is 1.86. The van der Waals surface area contributed by atoms with Gasteiger partial charge in [0.25, 0.3) is 0 Å². The van der Waals surface area contributed by atoms with E-state index in [0.29, 0.717) is 0 Å². The Bertz CT molecular complexity index is 483. The molecule has 0 aliphatic carbocycles. The molecule has 0 saturated heterocycles. The van der Waals surface area contributed by atoms with E-state index in [2.05, 4.69) is 47.0 Å². The van der Waals surface area contributed by atoms with Crippen molar-refractivity contribution in [3.8, 4) is 11.3 Å². The number of halogens is 1. The zero-order valence-corrected chi connectivity index (χ0v) is 10.7. The van der Waals surface area contributed by atoms with Gasteiger partial charge in [0.2, 0.25) is 0 Å². The molecule has 0 radical (unpaired) electrons. The van der Waals surface area contributed by atoms with Gasteiger partial charge in [-0.2, -0.15) is 5.10 Å². The molecule has 1 heterocycles. The Kier molecular flexibility index (Phi) is 2.65. The third-order valence-corrected chi connectivity index (χ3v) is 3.28. The maximum atomic E-state index is 4.51. The van der Waals surface area contributed by atoms with Crippen LogP contribution in [-0.4, -0.2) is 9.78 Å². The van der Waals surface area contributed by atoms with Gasteiger partial charge in [-0.15, -0.1) is 0 Å². The summed E-state index contributed by atoms with van der Waals surface area (Å²) in [5.41, 5.74) is 4.70. The van der Waals surface area contributed by atoms with Crippen molar-refractivity contribution in [3.05, 3.63) is 40.0 Å². The molecule has 0 fully saturated rings. The van der Waals surface area contributed by atoms with Crippen LogP contribution < -0.4 is 0 Å². The third-order valence-electron chi connectivity index (χ3n) is 2.75. The molecule has 3 heteroatoms. The fraction of sp³-hybridized carbons (Fsp3) is 0.250. The van der Waals surface area contributed by atoms with E-state index in [1.807, 2.05) is 23.9 Å². The summed E-state index contributed by atoms with van der Waals surface area (Å²) in [6.07, 6.45) is 0. The second-order valence-electron chi connectivity index (χ2n) is 3.69. The highest BCUT2D eigenvalue weighted by atomic mass is 79.9. The van der Waals surface area contributed by atoms with Crippen LogP contribution in [0.5, 0.6) is 0 Å². The Morgan fingerprint density at radius 1 is 1.13 bits per heavy atom. The van der Waals surface area contributed by atoms with Crippen LogP contribution in [0, 0.1) is 13.8 Å². The van der Waals surface area contributed by atoms with Gasteiger partial charge in [0.05, 0.1) is 5.69 Å². The smallest absolute Gasteiger partial charge is 0.0954 e. The van der Waals surface area contributed by atoms with Crippen molar-refractivity contribution in [2.24, 2.45) is 7.05 Å². The van der Waals surface area contributed by atoms with Crippen LogP contribution in [0.25, 0.3) is 11.3 Å². The lowest BCUT2D eigenvalue weighted by molar-refractivity contribution is 0.741. The number of benzene rings is 1. The fourth-order valence-electron chi connectivity index (χ4n) is 1.60. The highest BCUT2D eigenvalue weighted by molar-refractivity contribution is 9.10. The van der Waals surface area contributed by atoms with Crippen LogP contribution in [0.2, 0.25) is 0 Å². The van der Waals surface area contributed by atoms with Gasteiger partial charge in [-0.05, 0) is 31.5 Å². The topological polar surface area (TPSA) is 17.8 Å². The third kappa shape index (κ3) is 1.84. The zero-order valence-electron chi connectivity index (χ0n) is 9.08. The van der Waals surface area contributed by atoms with E-state index in [4.69, 9.17) is 0 Å². The number of hydrogen-bond acceptors (Lipinski definition) is 1.